The van der Waals surface area contributed by atoms with E-state index in [1.807, 2.05) is 51.1 Å². The predicted molar refractivity (Wildman–Crippen MR) is 168 cm³/mol. The third kappa shape index (κ3) is 5.94. The van der Waals surface area contributed by atoms with Crippen molar-refractivity contribution in [3.05, 3.63) is 88.1 Å². The van der Waals surface area contributed by atoms with E-state index < -0.39 is 5.97 Å². The third-order valence-electron chi connectivity index (χ3n) is 8.50. The lowest BCUT2D eigenvalue weighted by Crippen LogP contribution is -2.49. The first-order chi connectivity index (χ1) is 21.1. The van der Waals surface area contributed by atoms with Crippen molar-refractivity contribution in [1.82, 2.24) is 19.7 Å². The van der Waals surface area contributed by atoms with Gasteiger partial charge in [-0.3, -0.25) is 4.90 Å². The molecule has 0 atom stereocenters. The van der Waals surface area contributed by atoms with Gasteiger partial charge in [-0.2, -0.15) is 9.78 Å². The topological polar surface area (TPSA) is 98.9 Å². The molecule has 0 unspecified atom stereocenters. The second kappa shape index (κ2) is 12.1. The van der Waals surface area contributed by atoms with Crippen LogP contribution in [0.3, 0.4) is 0 Å². The number of pyridine rings is 1. The Morgan fingerprint density at radius 1 is 1.11 bits per heavy atom. The Hall–Kier alpha value is -4.21. The van der Waals surface area contributed by atoms with Gasteiger partial charge in [0.1, 0.15) is 17.9 Å². The molecule has 44 heavy (non-hydrogen) atoms. The van der Waals surface area contributed by atoms with E-state index in [4.69, 9.17) is 19.2 Å². The number of carboxylic acids is 1. The number of para-hydroxylation sites is 1. The van der Waals surface area contributed by atoms with Crippen LogP contribution >= 0.6 is 0 Å². The fraction of sp³-hybridized carbons (Fsp3) is 0.400. The number of aromatic nitrogens is 3. The molecule has 0 saturated carbocycles. The van der Waals surface area contributed by atoms with Crippen molar-refractivity contribution in [2.24, 2.45) is 5.41 Å². The quantitative estimate of drug-likeness (QED) is 0.238. The molecule has 1 saturated heterocycles. The molecule has 0 bridgehead atoms. The number of benzene rings is 2. The number of ether oxygens (including phenoxy) is 3. The molecule has 0 aliphatic carbocycles. The highest BCUT2D eigenvalue weighted by atomic mass is 16.5. The Balaban J connectivity index is 1.24. The van der Waals surface area contributed by atoms with Gasteiger partial charge in [0, 0.05) is 30.6 Å². The molecule has 9 nitrogen and oxygen atoms in total. The van der Waals surface area contributed by atoms with Crippen LogP contribution in [0.1, 0.15) is 58.9 Å². The standard InChI is InChI=1S/C35H40N4O5/c1-22(2)44-33-29(34(40)41)16-36-39(33)31-11-7-10-30(37-31)28-9-6-8-23(3)32(28)43-18-26-13-12-25-17-38(15-14-27(25)24(26)4)19-35(5)20-42-21-35/h6-13,16,22H,14-15,17-21H2,1-5H3,(H,40,41). The second-order valence-electron chi connectivity index (χ2n) is 12.6. The fourth-order valence-corrected chi connectivity index (χ4v) is 6.19. The first kappa shape index (κ1) is 29.8. The monoisotopic (exact) mass is 596 g/mol. The van der Waals surface area contributed by atoms with Crippen molar-refractivity contribution in [2.75, 3.05) is 26.3 Å². The molecule has 0 radical (unpaired) electrons. The van der Waals surface area contributed by atoms with Crippen LogP contribution in [0.4, 0.5) is 0 Å². The van der Waals surface area contributed by atoms with Crippen LogP contribution in [-0.4, -0.2) is 63.1 Å². The molecule has 230 valence electrons. The average molecular weight is 597 g/mol. The van der Waals surface area contributed by atoms with Gasteiger partial charge < -0.3 is 19.3 Å². The number of hydrogen-bond donors (Lipinski definition) is 1. The van der Waals surface area contributed by atoms with Crippen molar-refractivity contribution in [3.8, 4) is 28.7 Å². The van der Waals surface area contributed by atoms with Crippen LogP contribution < -0.4 is 9.47 Å². The molecular formula is C35H40N4O5. The molecule has 2 aromatic heterocycles. The highest BCUT2D eigenvalue weighted by Crippen LogP contribution is 2.35. The van der Waals surface area contributed by atoms with Gasteiger partial charge in [0.15, 0.2) is 5.82 Å². The highest BCUT2D eigenvalue weighted by Gasteiger charge is 2.36. The zero-order chi connectivity index (χ0) is 31.0. The molecule has 2 aliphatic rings. The van der Waals surface area contributed by atoms with E-state index in [0.717, 1.165) is 56.1 Å². The summed E-state index contributed by atoms with van der Waals surface area (Å²) in [5, 5.41) is 14.0. The zero-order valence-corrected chi connectivity index (χ0v) is 26.1. The van der Waals surface area contributed by atoms with Gasteiger partial charge in [0.2, 0.25) is 5.88 Å². The number of aryl methyl sites for hydroxylation is 1. The van der Waals surface area contributed by atoms with Gasteiger partial charge in [-0.15, -0.1) is 0 Å². The lowest BCUT2D eigenvalue weighted by molar-refractivity contribution is -0.116. The van der Waals surface area contributed by atoms with Gasteiger partial charge in [-0.1, -0.05) is 37.3 Å². The van der Waals surface area contributed by atoms with E-state index in [0.29, 0.717) is 18.1 Å². The van der Waals surface area contributed by atoms with Gasteiger partial charge in [0.05, 0.1) is 31.2 Å². The molecular weight excluding hydrogens is 556 g/mol. The first-order valence-electron chi connectivity index (χ1n) is 15.2. The van der Waals surface area contributed by atoms with Crippen LogP contribution in [0.25, 0.3) is 17.1 Å². The number of aromatic carboxylic acids is 1. The maximum atomic E-state index is 11.8. The van der Waals surface area contributed by atoms with Gasteiger partial charge in [-0.25, -0.2) is 9.78 Å². The van der Waals surface area contributed by atoms with E-state index in [2.05, 4.69) is 36.0 Å². The summed E-state index contributed by atoms with van der Waals surface area (Å²) >= 11 is 0. The molecule has 4 heterocycles. The molecule has 0 amide bonds. The zero-order valence-electron chi connectivity index (χ0n) is 26.1. The summed E-state index contributed by atoms with van der Waals surface area (Å²) in [4.78, 5) is 19.2. The largest absolute Gasteiger partial charge is 0.488 e. The van der Waals surface area contributed by atoms with Crippen molar-refractivity contribution >= 4 is 5.97 Å². The third-order valence-corrected chi connectivity index (χ3v) is 8.50. The van der Waals surface area contributed by atoms with E-state index in [9.17, 15) is 9.90 Å². The van der Waals surface area contributed by atoms with Gasteiger partial charge in [0.25, 0.3) is 0 Å². The molecule has 4 aromatic rings. The average Bonchev–Trinajstić information content (AvgIpc) is 3.40. The number of carbonyl (C=O) groups is 1. The predicted octanol–water partition coefficient (Wildman–Crippen LogP) is 6.01. The van der Waals surface area contributed by atoms with Crippen LogP contribution in [0.15, 0.2) is 54.7 Å². The van der Waals surface area contributed by atoms with Gasteiger partial charge >= 0.3 is 5.97 Å². The van der Waals surface area contributed by atoms with Crippen LogP contribution in [0, 0.1) is 19.3 Å². The second-order valence-corrected chi connectivity index (χ2v) is 12.6. The molecule has 2 aliphatic heterocycles. The van der Waals surface area contributed by atoms with E-state index in [1.54, 1.807) is 6.07 Å². The summed E-state index contributed by atoms with van der Waals surface area (Å²) in [6, 6.07) is 16.1. The van der Waals surface area contributed by atoms with E-state index in [-0.39, 0.29) is 23.0 Å². The minimum absolute atomic E-state index is 0.0131. The number of rotatable bonds is 10. The Morgan fingerprint density at radius 3 is 2.64 bits per heavy atom. The summed E-state index contributed by atoms with van der Waals surface area (Å²) in [5.74, 6) is 0.263. The van der Waals surface area contributed by atoms with Crippen molar-refractivity contribution < 1.29 is 24.1 Å². The smallest absolute Gasteiger partial charge is 0.342 e. The van der Waals surface area contributed by atoms with Crippen molar-refractivity contribution in [1.29, 1.82) is 0 Å². The minimum Gasteiger partial charge on any atom is -0.488 e. The number of hydrogen-bond acceptors (Lipinski definition) is 7. The Morgan fingerprint density at radius 2 is 1.91 bits per heavy atom. The molecule has 9 heteroatoms. The van der Waals surface area contributed by atoms with E-state index in [1.165, 1.54) is 33.1 Å². The molecule has 2 aromatic carbocycles. The Bertz CT molecular complexity index is 1690. The van der Waals surface area contributed by atoms with Crippen molar-refractivity contribution in [2.45, 2.75) is 60.3 Å². The molecule has 0 spiro atoms. The SMILES string of the molecule is Cc1cccc(-c2cccc(-n3ncc(C(=O)O)c3OC(C)C)n2)c1OCc1ccc2c(c1C)CCN(CC1(C)COC1)C2. The van der Waals surface area contributed by atoms with Crippen LogP contribution in [0.5, 0.6) is 11.6 Å². The highest BCUT2D eigenvalue weighted by molar-refractivity contribution is 5.90. The molecule has 6 rings (SSSR count). The van der Waals surface area contributed by atoms with E-state index >= 15 is 0 Å². The van der Waals surface area contributed by atoms with Crippen molar-refractivity contribution in [3.63, 3.8) is 0 Å². The van der Waals surface area contributed by atoms with Crippen LogP contribution in [-0.2, 0) is 24.3 Å². The Labute approximate surface area is 258 Å². The summed E-state index contributed by atoms with van der Waals surface area (Å²) < 4.78 is 19.3. The summed E-state index contributed by atoms with van der Waals surface area (Å²) in [7, 11) is 0. The summed E-state index contributed by atoms with van der Waals surface area (Å²) in [6.07, 6.45) is 2.09. The maximum Gasteiger partial charge on any atom is 0.342 e. The van der Waals surface area contributed by atoms with Gasteiger partial charge in [-0.05, 0) is 80.1 Å². The maximum absolute atomic E-state index is 11.8. The Kier molecular flexibility index (Phi) is 8.18. The lowest BCUT2D eigenvalue weighted by atomic mass is 9.86. The molecule has 1 fully saturated rings. The fourth-order valence-electron chi connectivity index (χ4n) is 6.19. The normalized spacial score (nSPS) is 16.0. The summed E-state index contributed by atoms with van der Waals surface area (Å²) in [5.41, 5.74) is 8.15. The lowest BCUT2D eigenvalue weighted by Gasteiger charge is -2.43. The minimum atomic E-state index is -1.11. The summed E-state index contributed by atoms with van der Waals surface area (Å²) in [6.45, 7) is 15.5. The van der Waals surface area contributed by atoms with Crippen LogP contribution in [0.2, 0.25) is 0 Å². The number of carboxylic acid groups (broad SMARTS) is 1. The number of nitrogens with zero attached hydrogens (tertiary/aromatic N) is 4. The number of fused-ring (bicyclic) bond motifs is 1. The molecule has 1 N–H and O–H groups in total. The first-order valence-corrected chi connectivity index (χ1v) is 15.2.